The number of ether oxygens (including phenoxy) is 1. The van der Waals surface area contributed by atoms with Crippen molar-refractivity contribution in [1.29, 1.82) is 0 Å². The first-order valence-electron chi connectivity index (χ1n) is 6.40. The van der Waals surface area contributed by atoms with E-state index in [0.29, 0.717) is 13.2 Å². The molecule has 0 spiro atoms. The molecule has 2 aromatic rings. The van der Waals surface area contributed by atoms with Crippen molar-refractivity contribution in [3.8, 4) is 0 Å². The highest BCUT2D eigenvalue weighted by Crippen LogP contribution is 2.17. The van der Waals surface area contributed by atoms with Crippen molar-refractivity contribution in [2.75, 3.05) is 0 Å². The summed E-state index contributed by atoms with van der Waals surface area (Å²) in [6.07, 6.45) is 0. The van der Waals surface area contributed by atoms with Gasteiger partial charge in [-0.15, -0.1) is 11.3 Å². The minimum absolute atomic E-state index is 0.188. The SMILES string of the molecule is CC(C(=O)NN)c1ccc(COCc2cccs2)cc1. The number of rotatable bonds is 6. The predicted octanol–water partition coefficient (Wildman–Crippen LogP) is 2.56. The fraction of sp³-hybridized carbons (Fsp3) is 0.267. The summed E-state index contributed by atoms with van der Waals surface area (Å²) in [6.45, 7) is 3.02. The molecule has 4 nitrogen and oxygen atoms in total. The van der Waals surface area contributed by atoms with E-state index in [1.165, 1.54) is 4.88 Å². The topological polar surface area (TPSA) is 64.4 Å². The number of thiophene rings is 1. The van der Waals surface area contributed by atoms with E-state index in [9.17, 15) is 4.79 Å². The van der Waals surface area contributed by atoms with E-state index < -0.39 is 0 Å². The summed E-state index contributed by atoms with van der Waals surface area (Å²) in [7, 11) is 0. The highest BCUT2D eigenvalue weighted by molar-refractivity contribution is 7.09. The van der Waals surface area contributed by atoms with Gasteiger partial charge in [-0.2, -0.15) is 0 Å². The predicted molar refractivity (Wildman–Crippen MR) is 80.0 cm³/mol. The Bertz CT molecular complexity index is 538. The van der Waals surface area contributed by atoms with Gasteiger partial charge in [-0.25, -0.2) is 5.84 Å². The van der Waals surface area contributed by atoms with Crippen LogP contribution in [0, 0.1) is 0 Å². The van der Waals surface area contributed by atoms with Crippen molar-refractivity contribution >= 4 is 17.2 Å². The lowest BCUT2D eigenvalue weighted by atomic mass is 9.99. The Morgan fingerprint density at radius 2 is 2.05 bits per heavy atom. The maximum atomic E-state index is 11.4. The smallest absolute Gasteiger partial charge is 0.241 e. The van der Waals surface area contributed by atoms with E-state index in [4.69, 9.17) is 10.6 Å². The second kappa shape index (κ2) is 7.19. The molecule has 20 heavy (non-hydrogen) atoms. The van der Waals surface area contributed by atoms with Gasteiger partial charge in [0.25, 0.3) is 0 Å². The van der Waals surface area contributed by atoms with Crippen LogP contribution in [0.5, 0.6) is 0 Å². The normalized spacial score (nSPS) is 12.1. The van der Waals surface area contributed by atoms with Crippen LogP contribution in [0.15, 0.2) is 41.8 Å². The van der Waals surface area contributed by atoms with Gasteiger partial charge < -0.3 is 4.74 Å². The number of nitrogens with one attached hydrogen (secondary N) is 1. The minimum Gasteiger partial charge on any atom is -0.371 e. The molecule has 0 aliphatic heterocycles. The minimum atomic E-state index is -0.249. The first-order valence-corrected chi connectivity index (χ1v) is 7.28. The fourth-order valence-electron chi connectivity index (χ4n) is 1.84. The first kappa shape index (κ1) is 14.7. The van der Waals surface area contributed by atoms with Crippen LogP contribution in [0.3, 0.4) is 0 Å². The van der Waals surface area contributed by atoms with Gasteiger partial charge in [0.05, 0.1) is 19.1 Å². The quantitative estimate of drug-likeness (QED) is 0.488. The van der Waals surface area contributed by atoms with Crippen molar-refractivity contribution < 1.29 is 9.53 Å². The average molecular weight is 290 g/mol. The van der Waals surface area contributed by atoms with Gasteiger partial charge in [-0.1, -0.05) is 30.3 Å². The number of hydrogen-bond donors (Lipinski definition) is 2. The fourth-order valence-corrected chi connectivity index (χ4v) is 2.48. The third kappa shape index (κ3) is 3.90. The lowest BCUT2D eigenvalue weighted by Gasteiger charge is -2.10. The van der Waals surface area contributed by atoms with E-state index in [1.54, 1.807) is 11.3 Å². The Morgan fingerprint density at radius 1 is 1.30 bits per heavy atom. The molecule has 5 heteroatoms. The molecule has 106 valence electrons. The highest BCUT2D eigenvalue weighted by Gasteiger charge is 2.13. The number of amides is 1. The maximum absolute atomic E-state index is 11.4. The number of carbonyl (C=O) groups is 1. The molecule has 0 radical (unpaired) electrons. The summed E-state index contributed by atoms with van der Waals surface area (Å²) in [4.78, 5) is 12.7. The molecule has 1 unspecified atom stereocenters. The molecule has 0 bridgehead atoms. The standard InChI is InChI=1S/C15H18N2O2S/c1-11(15(18)17-16)13-6-4-12(5-7-13)9-19-10-14-3-2-8-20-14/h2-8,11H,9-10,16H2,1H3,(H,17,18). The molecule has 0 fully saturated rings. The molecule has 1 amide bonds. The van der Waals surface area contributed by atoms with Crippen molar-refractivity contribution in [2.24, 2.45) is 5.84 Å². The number of hydrogen-bond acceptors (Lipinski definition) is 4. The molecule has 2 rings (SSSR count). The van der Waals surface area contributed by atoms with E-state index in [2.05, 4.69) is 11.5 Å². The first-order chi connectivity index (χ1) is 9.70. The molecule has 0 aliphatic carbocycles. The molecule has 0 saturated heterocycles. The van der Waals surface area contributed by atoms with Gasteiger partial charge in [-0.3, -0.25) is 10.2 Å². The summed E-state index contributed by atoms with van der Waals surface area (Å²) in [5.74, 6) is 4.70. The molecule has 0 saturated carbocycles. The largest absolute Gasteiger partial charge is 0.371 e. The second-order valence-electron chi connectivity index (χ2n) is 4.54. The second-order valence-corrected chi connectivity index (χ2v) is 5.58. The zero-order valence-corrected chi connectivity index (χ0v) is 12.2. The Hall–Kier alpha value is -1.69. The Kier molecular flexibility index (Phi) is 5.29. The van der Waals surface area contributed by atoms with Crippen LogP contribution in [0.1, 0.15) is 28.8 Å². The van der Waals surface area contributed by atoms with Gasteiger partial charge in [0.15, 0.2) is 0 Å². The van der Waals surface area contributed by atoms with Crippen molar-refractivity contribution in [3.63, 3.8) is 0 Å². The van der Waals surface area contributed by atoms with Crippen LogP contribution >= 0.6 is 11.3 Å². The summed E-state index contributed by atoms with van der Waals surface area (Å²) >= 11 is 1.69. The van der Waals surface area contributed by atoms with Gasteiger partial charge in [0.2, 0.25) is 5.91 Å². The van der Waals surface area contributed by atoms with Crippen LogP contribution in [0.2, 0.25) is 0 Å². The maximum Gasteiger partial charge on any atom is 0.241 e. The lowest BCUT2D eigenvalue weighted by Crippen LogP contribution is -2.33. The van der Waals surface area contributed by atoms with Crippen molar-refractivity contribution in [2.45, 2.75) is 26.1 Å². The van der Waals surface area contributed by atoms with Crippen LogP contribution in [0.25, 0.3) is 0 Å². The summed E-state index contributed by atoms with van der Waals surface area (Å²) in [5, 5.41) is 2.04. The highest BCUT2D eigenvalue weighted by atomic mass is 32.1. The zero-order chi connectivity index (χ0) is 14.4. The van der Waals surface area contributed by atoms with Crippen LogP contribution in [-0.4, -0.2) is 5.91 Å². The van der Waals surface area contributed by atoms with E-state index in [1.807, 2.05) is 42.6 Å². The summed E-state index contributed by atoms with van der Waals surface area (Å²) in [5.41, 5.74) is 4.19. The van der Waals surface area contributed by atoms with E-state index in [0.717, 1.165) is 11.1 Å². The lowest BCUT2D eigenvalue weighted by molar-refractivity contribution is -0.122. The van der Waals surface area contributed by atoms with Crippen molar-refractivity contribution in [1.82, 2.24) is 5.43 Å². The Labute approximate surface area is 122 Å². The zero-order valence-electron chi connectivity index (χ0n) is 11.3. The Morgan fingerprint density at radius 3 is 2.65 bits per heavy atom. The van der Waals surface area contributed by atoms with Gasteiger partial charge >= 0.3 is 0 Å². The third-order valence-corrected chi connectivity index (χ3v) is 3.96. The van der Waals surface area contributed by atoms with Crippen LogP contribution in [0.4, 0.5) is 0 Å². The van der Waals surface area contributed by atoms with Gasteiger partial charge in [0.1, 0.15) is 0 Å². The molecule has 1 heterocycles. The van der Waals surface area contributed by atoms with E-state index in [-0.39, 0.29) is 11.8 Å². The molecule has 1 aromatic carbocycles. The van der Waals surface area contributed by atoms with Crippen LogP contribution < -0.4 is 11.3 Å². The summed E-state index contributed by atoms with van der Waals surface area (Å²) < 4.78 is 5.64. The summed E-state index contributed by atoms with van der Waals surface area (Å²) in [6, 6.07) is 11.9. The number of benzene rings is 1. The molecule has 0 aliphatic rings. The Balaban J connectivity index is 1.86. The van der Waals surface area contributed by atoms with E-state index >= 15 is 0 Å². The number of hydrazine groups is 1. The van der Waals surface area contributed by atoms with Gasteiger partial charge in [0, 0.05) is 4.88 Å². The number of nitrogens with two attached hydrogens (primary N) is 1. The molecular formula is C15H18N2O2S. The van der Waals surface area contributed by atoms with Gasteiger partial charge in [-0.05, 0) is 29.5 Å². The average Bonchev–Trinajstić information content (AvgIpc) is 2.99. The molecule has 1 atom stereocenters. The molecular weight excluding hydrogens is 272 g/mol. The molecule has 1 aromatic heterocycles. The monoisotopic (exact) mass is 290 g/mol. The number of carbonyl (C=O) groups excluding carboxylic acids is 1. The third-order valence-electron chi connectivity index (χ3n) is 3.11. The molecule has 3 N–H and O–H groups in total. The van der Waals surface area contributed by atoms with Crippen LogP contribution in [-0.2, 0) is 22.7 Å². The van der Waals surface area contributed by atoms with Crippen molar-refractivity contribution in [3.05, 3.63) is 57.8 Å².